The van der Waals surface area contributed by atoms with Crippen molar-refractivity contribution in [2.75, 3.05) is 13.1 Å². The topological polar surface area (TPSA) is 145 Å². The number of rotatable bonds is 10. The predicted octanol–water partition coefficient (Wildman–Crippen LogP) is 12.5. The van der Waals surface area contributed by atoms with Crippen LogP contribution >= 0.6 is 23.2 Å². The number of nitrogens with one attached hydrogen (secondary N) is 2. The van der Waals surface area contributed by atoms with Crippen LogP contribution in [-0.2, 0) is 12.8 Å². The van der Waals surface area contributed by atoms with Gasteiger partial charge in [-0.2, -0.15) is 0 Å². The van der Waals surface area contributed by atoms with Crippen LogP contribution in [-0.4, -0.2) is 52.1 Å². The molecule has 0 atom stereocenters. The molecular formula is C54H44Cl2N10. The predicted molar refractivity (Wildman–Crippen MR) is 272 cm³/mol. The Balaban J connectivity index is 0.000000146. The highest BCUT2D eigenvalue weighted by Gasteiger charge is 2.16. The molecule has 0 spiro atoms. The first-order valence-electron chi connectivity index (χ1n) is 22.1. The van der Waals surface area contributed by atoms with Crippen molar-refractivity contribution in [1.29, 1.82) is 0 Å². The first-order chi connectivity index (χ1) is 32.4. The molecule has 12 heteroatoms. The molecule has 0 unspecified atom stereocenters. The van der Waals surface area contributed by atoms with Crippen LogP contribution in [0.2, 0.25) is 10.0 Å². The minimum Gasteiger partial charge on any atom is -0.361 e. The average Bonchev–Trinajstić information content (AvgIpc) is 4.19. The molecule has 0 aliphatic rings. The molecule has 0 aliphatic carbocycles. The smallest absolute Gasteiger partial charge is 0.108 e. The van der Waals surface area contributed by atoms with E-state index in [0.29, 0.717) is 23.1 Å². The van der Waals surface area contributed by atoms with Crippen LogP contribution in [0.25, 0.3) is 99.3 Å². The summed E-state index contributed by atoms with van der Waals surface area (Å²) >= 11 is 13.4. The fourth-order valence-corrected chi connectivity index (χ4v) is 9.58. The van der Waals surface area contributed by atoms with E-state index >= 15 is 0 Å². The van der Waals surface area contributed by atoms with Crippen molar-refractivity contribution in [3.63, 3.8) is 0 Å². The van der Waals surface area contributed by atoms with E-state index < -0.39 is 0 Å². The van der Waals surface area contributed by atoms with Crippen molar-refractivity contribution in [3.05, 3.63) is 180 Å². The molecule has 10 nitrogen and oxygen atoms in total. The number of benzene rings is 6. The van der Waals surface area contributed by atoms with Gasteiger partial charge < -0.3 is 21.4 Å². The minimum absolute atomic E-state index is 0.671. The SMILES string of the molecule is NCCCc1ccc(-n2cnc3cnc4ccc(-c5ccc6[nH]ccc6c5)cc4c32)c(Cl)c1.NCCCc1ccc(-n2cnc3cnc4ccc(-c5ccc6[nH]ccc6c5)cc4c32)c(Cl)c1. The third-order valence-electron chi connectivity index (χ3n) is 12.4. The van der Waals surface area contributed by atoms with Gasteiger partial charge in [-0.15, -0.1) is 0 Å². The highest BCUT2D eigenvalue weighted by molar-refractivity contribution is 6.33. The Morgan fingerprint density at radius 3 is 1.33 bits per heavy atom. The average molecular weight is 904 g/mol. The van der Waals surface area contributed by atoms with E-state index in [-0.39, 0.29) is 0 Å². The molecule has 12 aromatic rings. The van der Waals surface area contributed by atoms with E-state index in [2.05, 4.69) is 148 Å². The lowest BCUT2D eigenvalue weighted by atomic mass is 10.0. The molecule has 0 fully saturated rings. The maximum atomic E-state index is 6.72. The van der Waals surface area contributed by atoms with E-state index in [1.54, 1.807) is 0 Å². The van der Waals surface area contributed by atoms with Crippen molar-refractivity contribution in [1.82, 2.24) is 39.0 Å². The third kappa shape index (κ3) is 7.73. The van der Waals surface area contributed by atoms with Gasteiger partial charge in [0.05, 0.1) is 55.9 Å². The zero-order valence-corrected chi connectivity index (χ0v) is 37.4. The van der Waals surface area contributed by atoms with E-state index in [4.69, 9.17) is 34.7 Å². The van der Waals surface area contributed by atoms with Crippen LogP contribution in [0.1, 0.15) is 24.0 Å². The number of halogens is 2. The lowest BCUT2D eigenvalue weighted by Gasteiger charge is -2.11. The summed E-state index contributed by atoms with van der Waals surface area (Å²) in [7, 11) is 0. The monoisotopic (exact) mass is 902 g/mol. The second-order valence-corrected chi connectivity index (χ2v) is 17.4. The molecule has 0 aliphatic heterocycles. The molecule has 0 amide bonds. The van der Waals surface area contributed by atoms with Gasteiger partial charge in [0.2, 0.25) is 0 Å². The molecule has 324 valence electrons. The summed E-state index contributed by atoms with van der Waals surface area (Å²) in [6.45, 7) is 1.34. The fraction of sp³-hybridized carbons (Fsp3) is 0.111. The van der Waals surface area contributed by atoms with Crippen LogP contribution in [0, 0.1) is 0 Å². The van der Waals surface area contributed by atoms with Crippen LogP contribution in [0.15, 0.2) is 159 Å². The van der Waals surface area contributed by atoms with Crippen molar-refractivity contribution in [3.8, 4) is 33.6 Å². The molecule has 0 bridgehead atoms. The number of aryl methyl sites for hydroxylation is 2. The number of hydrogen-bond donors (Lipinski definition) is 4. The Kier molecular flexibility index (Phi) is 11.0. The van der Waals surface area contributed by atoms with Gasteiger partial charge in [-0.3, -0.25) is 19.1 Å². The Bertz CT molecular complexity index is 3500. The van der Waals surface area contributed by atoms with Gasteiger partial charge in [-0.25, -0.2) is 9.97 Å². The molecule has 0 radical (unpaired) electrons. The van der Waals surface area contributed by atoms with Gasteiger partial charge >= 0.3 is 0 Å². The van der Waals surface area contributed by atoms with Crippen LogP contribution < -0.4 is 11.5 Å². The van der Waals surface area contributed by atoms with Crippen LogP contribution in [0.3, 0.4) is 0 Å². The zero-order valence-electron chi connectivity index (χ0n) is 35.8. The number of nitrogens with two attached hydrogens (primary N) is 2. The van der Waals surface area contributed by atoms with Crippen molar-refractivity contribution >= 4 is 88.9 Å². The second-order valence-electron chi connectivity index (χ2n) is 16.6. The van der Waals surface area contributed by atoms with E-state index in [9.17, 15) is 0 Å². The summed E-state index contributed by atoms with van der Waals surface area (Å²) in [6, 6.07) is 42.3. The third-order valence-corrected chi connectivity index (χ3v) is 13.0. The van der Waals surface area contributed by atoms with Crippen molar-refractivity contribution < 1.29 is 0 Å². The number of H-pyrrole nitrogens is 2. The standard InChI is InChI=1S/2C27H22ClN5/c2*28-22-12-17(2-1-10-29)3-8-26(22)33-16-32-25-15-31-24-7-5-19(14-21(24)27(25)33)18-4-6-23-20(13-18)9-11-30-23/h2*3-9,11-16,30H,1-2,10,29H2. The molecule has 6 aromatic heterocycles. The number of pyridine rings is 2. The summed E-state index contributed by atoms with van der Waals surface area (Å²) in [6.07, 6.45) is 14.9. The van der Waals surface area contributed by atoms with Crippen molar-refractivity contribution in [2.24, 2.45) is 11.5 Å². The lowest BCUT2D eigenvalue weighted by Crippen LogP contribution is -2.01. The van der Waals surface area contributed by atoms with Gasteiger partial charge in [0, 0.05) is 34.2 Å². The first kappa shape index (κ1) is 41.4. The minimum atomic E-state index is 0.671. The maximum absolute atomic E-state index is 6.72. The molecule has 6 heterocycles. The highest BCUT2D eigenvalue weighted by atomic mass is 35.5. The Labute approximate surface area is 389 Å². The summed E-state index contributed by atoms with van der Waals surface area (Å²) in [5.74, 6) is 0. The summed E-state index contributed by atoms with van der Waals surface area (Å²) in [5, 5.41) is 5.86. The normalized spacial score (nSPS) is 11.7. The van der Waals surface area contributed by atoms with Gasteiger partial charge in [-0.05, 0) is 168 Å². The summed E-state index contributed by atoms with van der Waals surface area (Å²) in [5.41, 5.74) is 27.9. The largest absolute Gasteiger partial charge is 0.361 e. The quantitative estimate of drug-likeness (QED) is 0.108. The maximum Gasteiger partial charge on any atom is 0.108 e. The first-order valence-corrected chi connectivity index (χ1v) is 22.8. The highest BCUT2D eigenvalue weighted by Crippen LogP contribution is 2.35. The van der Waals surface area contributed by atoms with Crippen molar-refractivity contribution in [2.45, 2.75) is 25.7 Å². The second kappa shape index (κ2) is 17.6. The number of hydrogen-bond acceptors (Lipinski definition) is 6. The Morgan fingerprint density at radius 1 is 0.455 bits per heavy atom. The van der Waals surface area contributed by atoms with Crippen LogP contribution in [0.4, 0.5) is 0 Å². The number of aromatic nitrogens is 8. The number of aromatic amines is 2. The van der Waals surface area contributed by atoms with Gasteiger partial charge in [0.1, 0.15) is 23.7 Å². The number of fused-ring (bicyclic) bond motifs is 8. The Morgan fingerprint density at radius 2 is 0.894 bits per heavy atom. The fourth-order valence-electron chi connectivity index (χ4n) is 8.99. The van der Waals surface area contributed by atoms with E-state index in [1.807, 2.05) is 49.6 Å². The summed E-state index contributed by atoms with van der Waals surface area (Å²) in [4.78, 5) is 25.0. The molecular weight excluding hydrogens is 860 g/mol. The molecule has 0 saturated carbocycles. The molecule has 0 saturated heterocycles. The number of nitrogens with zero attached hydrogens (tertiary/aromatic N) is 6. The molecule has 66 heavy (non-hydrogen) atoms. The summed E-state index contributed by atoms with van der Waals surface area (Å²) < 4.78 is 4.13. The Hall–Kier alpha value is -7.34. The molecule has 6 N–H and O–H groups in total. The molecule has 12 rings (SSSR count). The zero-order chi connectivity index (χ0) is 44.7. The van der Waals surface area contributed by atoms with E-state index in [0.717, 1.165) is 114 Å². The van der Waals surface area contributed by atoms with Gasteiger partial charge in [-0.1, -0.05) is 59.6 Å². The van der Waals surface area contributed by atoms with Gasteiger partial charge in [0.15, 0.2) is 0 Å². The van der Waals surface area contributed by atoms with Gasteiger partial charge in [0.25, 0.3) is 0 Å². The number of imidazole rings is 2. The van der Waals surface area contributed by atoms with E-state index in [1.165, 1.54) is 21.9 Å². The van der Waals surface area contributed by atoms with Crippen LogP contribution in [0.5, 0.6) is 0 Å². The molecule has 6 aromatic carbocycles. The lowest BCUT2D eigenvalue weighted by molar-refractivity contribution is 0.832.